The molecule has 1 nitrogen and oxygen atoms in total. The standard InChI is InChI=1S/C60H47N/c1-59(2)53-27-15-13-24-48(53)50-36-32-43(38-55(50)59)58-52(47-23-12-11-22-46(47)42-20-9-6-10-21-42)26-17-29-57(58)61(44-33-30-41(31-34-44)40-18-7-5-8-19-40)45-35-37-51-49-25-14-16-28-54(49)60(3,4)56(51)39-45/h5-39H,1-4H3. The van der Waals surface area contributed by atoms with Crippen molar-refractivity contribution in [2.24, 2.45) is 0 Å². The van der Waals surface area contributed by atoms with E-state index < -0.39 is 0 Å². The molecule has 0 aromatic heterocycles. The third-order valence-electron chi connectivity index (χ3n) is 13.5. The average Bonchev–Trinajstić information content (AvgIpc) is 3.68. The summed E-state index contributed by atoms with van der Waals surface area (Å²) in [5, 5.41) is 0. The maximum absolute atomic E-state index is 2.51. The van der Waals surface area contributed by atoms with Crippen molar-refractivity contribution in [2.75, 3.05) is 4.90 Å². The minimum absolute atomic E-state index is 0.146. The number of hydrogen-bond donors (Lipinski definition) is 0. The summed E-state index contributed by atoms with van der Waals surface area (Å²) < 4.78 is 0. The molecule has 2 aliphatic carbocycles. The van der Waals surface area contributed by atoms with Crippen molar-refractivity contribution in [2.45, 2.75) is 38.5 Å². The molecule has 0 fully saturated rings. The Morgan fingerprint density at radius 2 is 0.721 bits per heavy atom. The van der Waals surface area contributed by atoms with E-state index in [2.05, 4.69) is 245 Å². The normalized spacial score (nSPS) is 13.8. The van der Waals surface area contributed by atoms with Crippen LogP contribution >= 0.6 is 0 Å². The molecule has 292 valence electrons. The number of nitrogens with zero attached hydrogens (tertiary/aromatic N) is 1. The largest absolute Gasteiger partial charge is 0.310 e. The van der Waals surface area contributed by atoms with Gasteiger partial charge in [0.15, 0.2) is 0 Å². The lowest BCUT2D eigenvalue weighted by Gasteiger charge is -2.31. The van der Waals surface area contributed by atoms with Gasteiger partial charge in [0.2, 0.25) is 0 Å². The summed E-state index contributed by atoms with van der Waals surface area (Å²) in [4.78, 5) is 2.51. The molecule has 0 amide bonds. The molecule has 11 rings (SSSR count). The summed E-state index contributed by atoms with van der Waals surface area (Å²) in [6, 6.07) is 78.7. The zero-order valence-electron chi connectivity index (χ0n) is 35.2. The van der Waals surface area contributed by atoms with E-state index in [0.29, 0.717) is 0 Å². The van der Waals surface area contributed by atoms with E-state index in [9.17, 15) is 0 Å². The number of anilines is 3. The molecule has 0 unspecified atom stereocenters. The van der Waals surface area contributed by atoms with E-state index in [1.54, 1.807) is 0 Å². The molecule has 2 aliphatic rings. The first-order chi connectivity index (χ1) is 29.8. The van der Waals surface area contributed by atoms with Crippen LogP contribution in [0.4, 0.5) is 17.1 Å². The van der Waals surface area contributed by atoms with Gasteiger partial charge in [-0.1, -0.05) is 204 Å². The van der Waals surface area contributed by atoms with Crippen LogP contribution in [0.5, 0.6) is 0 Å². The van der Waals surface area contributed by atoms with Crippen molar-refractivity contribution in [1.29, 1.82) is 0 Å². The van der Waals surface area contributed by atoms with Gasteiger partial charge in [-0.3, -0.25) is 0 Å². The molecule has 9 aromatic carbocycles. The third kappa shape index (κ3) is 5.91. The molecule has 0 spiro atoms. The van der Waals surface area contributed by atoms with Crippen molar-refractivity contribution in [3.05, 3.63) is 235 Å². The van der Waals surface area contributed by atoms with E-state index >= 15 is 0 Å². The van der Waals surface area contributed by atoms with Crippen LogP contribution in [0.15, 0.2) is 212 Å². The van der Waals surface area contributed by atoms with Crippen LogP contribution in [0.3, 0.4) is 0 Å². The van der Waals surface area contributed by atoms with Gasteiger partial charge in [-0.05, 0) is 120 Å². The molecular formula is C60H47N. The van der Waals surface area contributed by atoms with Crippen LogP contribution in [0.2, 0.25) is 0 Å². The highest BCUT2D eigenvalue weighted by Gasteiger charge is 2.37. The molecule has 0 atom stereocenters. The first kappa shape index (κ1) is 36.8. The predicted molar refractivity (Wildman–Crippen MR) is 258 cm³/mol. The molecule has 0 saturated carbocycles. The average molecular weight is 782 g/mol. The van der Waals surface area contributed by atoms with Gasteiger partial charge in [0, 0.05) is 27.8 Å². The van der Waals surface area contributed by atoms with Crippen LogP contribution in [0.25, 0.3) is 66.8 Å². The Morgan fingerprint density at radius 3 is 1.36 bits per heavy atom. The van der Waals surface area contributed by atoms with Crippen molar-refractivity contribution in [3.63, 3.8) is 0 Å². The molecule has 0 heterocycles. The smallest absolute Gasteiger partial charge is 0.0546 e. The van der Waals surface area contributed by atoms with Crippen molar-refractivity contribution in [3.8, 4) is 66.8 Å². The Kier molecular flexibility index (Phi) is 8.58. The van der Waals surface area contributed by atoms with E-state index in [0.717, 1.165) is 17.1 Å². The van der Waals surface area contributed by atoms with E-state index in [4.69, 9.17) is 0 Å². The Labute approximate surface area is 360 Å². The quantitative estimate of drug-likeness (QED) is 0.156. The fraction of sp³-hybridized carbons (Fsp3) is 0.100. The van der Waals surface area contributed by atoms with Crippen molar-refractivity contribution < 1.29 is 0 Å². The zero-order chi connectivity index (χ0) is 41.3. The molecule has 0 radical (unpaired) electrons. The Morgan fingerprint density at radius 1 is 0.279 bits per heavy atom. The van der Waals surface area contributed by atoms with Gasteiger partial charge in [0.05, 0.1) is 5.69 Å². The topological polar surface area (TPSA) is 3.24 Å². The maximum atomic E-state index is 2.51. The molecule has 0 saturated heterocycles. The molecule has 1 heteroatoms. The molecule has 0 aliphatic heterocycles. The van der Waals surface area contributed by atoms with E-state index in [1.807, 2.05) is 0 Å². The van der Waals surface area contributed by atoms with E-state index in [-0.39, 0.29) is 10.8 Å². The molecule has 0 bridgehead atoms. The fourth-order valence-electron chi connectivity index (χ4n) is 10.4. The van der Waals surface area contributed by atoms with Crippen LogP contribution < -0.4 is 4.90 Å². The number of benzene rings is 9. The summed E-state index contributed by atoms with van der Waals surface area (Å²) in [7, 11) is 0. The van der Waals surface area contributed by atoms with Crippen molar-refractivity contribution >= 4 is 17.1 Å². The van der Waals surface area contributed by atoms with Crippen LogP contribution in [-0.4, -0.2) is 0 Å². The van der Waals surface area contributed by atoms with Gasteiger partial charge < -0.3 is 4.90 Å². The van der Waals surface area contributed by atoms with Crippen molar-refractivity contribution in [1.82, 2.24) is 0 Å². The summed E-state index contributed by atoms with van der Waals surface area (Å²) in [6.07, 6.45) is 0. The first-order valence-corrected chi connectivity index (χ1v) is 21.5. The number of rotatable bonds is 7. The highest BCUT2D eigenvalue weighted by atomic mass is 15.1. The first-order valence-electron chi connectivity index (χ1n) is 21.5. The number of fused-ring (bicyclic) bond motifs is 6. The second-order valence-electron chi connectivity index (χ2n) is 17.7. The predicted octanol–water partition coefficient (Wildman–Crippen LogP) is 16.4. The summed E-state index contributed by atoms with van der Waals surface area (Å²) in [5.41, 5.74) is 23.5. The second-order valence-corrected chi connectivity index (χ2v) is 17.7. The van der Waals surface area contributed by atoms with Crippen LogP contribution in [-0.2, 0) is 10.8 Å². The highest BCUT2D eigenvalue weighted by Crippen LogP contribution is 2.54. The fourth-order valence-corrected chi connectivity index (χ4v) is 10.4. The maximum Gasteiger partial charge on any atom is 0.0546 e. The highest BCUT2D eigenvalue weighted by molar-refractivity contribution is 6.01. The minimum atomic E-state index is -0.148. The molecule has 9 aromatic rings. The van der Waals surface area contributed by atoms with Gasteiger partial charge in [-0.25, -0.2) is 0 Å². The summed E-state index contributed by atoms with van der Waals surface area (Å²) >= 11 is 0. The third-order valence-corrected chi connectivity index (χ3v) is 13.5. The molecule has 0 N–H and O–H groups in total. The minimum Gasteiger partial charge on any atom is -0.310 e. The second kappa shape index (κ2) is 14.2. The van der Waals surface area contributed by atoms with Gasteiger partial charge in [0.25, 0.3) is 0 Å². The SMILES string of the molecule is CC1(C)c2ccccc2-c2ccc(-c3c(-c4ccccc4-c4ccccc4)cccc3N(c3ccc(-c4ccccc4)cc3)c3ccc4c(c3)C(C)(C)c3ccccc3-4)cc21. The molecular weight excluding hydrogens is 735 g/mol. The zero-order valence-corrected chi connectivity index (χ0v) is 35.2. The van der Waals surface area contributed by atoms with Crippen LogP contribution in [0.1, 0.15) is 49.9 Å². The van der Waals surface area contributed by atoms with Gasteiger partial charge in [-0.15, -0.1) is 0 Å². The Hall–Kier alpha value is -7.22. The van der Waals surface area contributed by atoms with Gasteiger partial charge in [0.1, 0.15) is 0 Å². The lowest BCUT2D eigenvalue weighted by molar-refractivity contribution is 0.660. The lowest BCUT2D eigenvalue weighted by Crippen LogP contribution is -2.17. The lowest BCUT2D eigenvalue weighted by atomic mass is 9.80. The monoisotopic (exact) mass is 781 g/mol. The molecule has 61 heavy (non-hydrogen) atoms. The summed E-state index contributed by atoms with van der Waals surface area (Å²) in [5.74, 6) is 0. The summed E-state index contributed by atoms with van der Waals surface area (Å²) in [6.45, 7) is 9.50. The van der Waals surface area contributed by atoms with Crippen LogP contribution in [0, 0.1) is 0 Å². The van der Waals surface area contributed by atoms with Gasteiger partial charge in [-0.2, -0.15) is 0 Å². The van der Waals surface area contributed by atoms with Gasteiger partial charge >= 0.3 is 0 Å². The number of hydrogen-bond acceptors (Lipinski definition) is 1. The van der Waals surface area contributed by atoms with E-state index in [1.165, 1.54) is 89.0 Å². The Balaban J connectivity index is 1.19. The Bertz CT molecular complexity index is 3120.